The van der Waals surface area contributed by atoms with Crippen LogP contribution in [0.2, 0.25) is 0 Å². The van der Waals surface area contributed by atoms with Crippen LogP contribution < -0.4 is 10.1 Å². The van der Waals surface area contributed by atoms with E-state index in [2.05, 4.69) is 5.32 Å². The van der Waals surface area contributed by atoms with Crippen LogP contribution in [0.25, 0.3) is 0 Å². The van der Waals surface area contributed by atoms with Gasteiger partial charge in [-0.05, 0) is 25.5 Å². The molecule has 0 bridgehead atoms. The van der Waals surface area contributed by atoms with Gasteiger partial charge in [-0.25, -0.2) is 0 Å². The highest BCUT2D eigenvalue weighted by Crippen LogP contribution is 2.16. The minimum Gasteiger partial charge on any atom is -0.494 e. The van der Waals surface area contributed by atoms with E-state index >= 15 is 0 Å². The van der Waals surface area contributed by atoms with E-state index in [1.165, 1.54) is 0 Å². The highest BCUT2D eigenvalue weighted by Gasteiger charge is 2.01. The summed E-state index contributed by atoms with van der Waals surface area (Å²) in [7, 11) is 1.86. The molecular weight excluding hydrogens is 218 g/mol. The van der Waals surface area contributed by atoms with Gasteiger partial charge < -0.3 is 14.8 Å². The van der Waals surface area contributed by atoms with Crippen LogP contribution in [0.1, 0.15) is 19.8 Å². The Kier molecular flexibility index (Phi) is 5.93. The average molecular weight is 237 g/mol. The van der Waals surface area contributed by atoms with E-state index in [0.717, 1.165) is 11.4 Å². The highest BCUT2D eigenvalue weighted by atomic mass is 16.5. The number of carbonyl (C=O) groups excluding carboxylic acids is 1. The van der Waals surface area contributed by atoms with Crippen molar-refractivity contribution >= 4 is 11.7 Å². The highest BCUT2D eigenvalue weighted by molar-refractivity contribution is 5.69. The van der Waals surface area contributed by atoms with Crippen molar-refractivity contribution in [2.24, 2.45) is 0 Å². The zero-order valence-electron chi connectivity index (χ0n) is 10.4. The number of esters is 1. The molecule has 0 heterocycles. The lowest BCUT2D eigenvalue weighted by atomic mass is 10.3. The van der Waals surface area contributed by atoms with Gasteiger partial charge in [0, 0.05) is 25.2 Å². The molecule has 0 aliphatic rings. The van der Waals surface area contributed by atoms with Crippen LogP contribution in [0.3, 0.4) is 0 Å². The maximum atomic E-state index is 11.1. The van der Waals surface area contributed by atoms with Crippen molar-refractivity contribution in [2.75, 3.05) is 25.6 Å². The molecule has 0 atom stereocenters. The van der Waals surface area contributed by atoms with Crippen LogP contribution in [-0.2, 0) is 9.53 Å². The predicted octanol–water partition coefficient (Wildman–Crippen LogP) is 2.45. The number of anilines is 1. The third-order valence-electron chi connectivity index (χ3n) is 2.22. The van der Waals surface area contributed by atoms with E-state index in [1.807, 2.05) is 31.3 Å². The summed E-state index contributed by atoms with van der Waals surface area (Å²) in [5.74, 6) is 0.640. The molecule has 1 N–H and O–H groups in total. The van der Waals surface area contributed by atoms with Gasteiger partial charge in [-0.2, -0.15) is 0 Å². The minimum absolute atomic E-state index is 0.167. The lowest BCUT2D eigenvalue weighted by Gasteiger charge is -2.07. The van der Waals surface area contributed by atoms with Gasteiger partial charge in [0.2, 0.25) is 0 Å². The Labute approximate surface area is 102 Å². The molecule has 0 saturated carbocycles. The molecule has 0 saturated heterocycles. The summed E-state index contributed by atoms with van der Waals surface area (Å²) in [4.78, 5) is 11.1. The summed E-state index contributed by atoms with van der Waals surface area (Å²) in [6.45, 7) is 2.76. The Morgan fingerprint density at radius 2 is 2.24 bits per heavy atom. The van der Waals surface area contributed by atoms with E-state index in [-0.39, 0.29) is 5.97 Å². The third-order valence-corrected chi connectivity index (χ3v) is 2.22. The molecule has 4 heteroatoms. The van der Waals surface area contributed by atoms with Gasteiger partial charge >= 0.3 is 5.97 Å². The first-order valence-electron chi connectivity index (χ1n) is 5.82. The molecule has 17 heavy (non-hydrogen) atoms. The topological polar surface area (TPSA) is 47.6 Å². The predicted molar refractivity (Wildman–Crippen MR) is 67.4 cm³/mol. The van der Waals surface area contributed by atoms with E-state index in [1.54, 1.807) is 6.92 Å². The maximum absolute atomic E-state index is 11.1. The van der Waals surface area contributed by atoms with Gasteiger partial charge in [0.25, 0.3) is 0 Å². The van der Waals surface area contributed by atoms with Crippen molar-refractivity contribution in [3.63, 3.8) is 0 Å². The Morgan fingerprint density at radius 3 is 2.94 bits per heavy atom. The van der Waals surface area contributed by atoms with E-state index < -0.39 is 0 Å². The molecule has 4 nitrogen and oxygen atoms in total. The number of rotatable bonds is 7. The van der Waals surface area contributed by atoms with Crippen molar-refractivity contribution in [1.29, 1.82) is 0 Å². The van der Waals surface area contributed by atoms with E-state index in [9.17, 15) is 4.79 Å². The van der Waals surface area contributed by atoms with Crippen LogP contribution in [0.4, 0.5) is 5.69 Å². The Morgan fingerprint density at radius 1 is 1.41 bits per heavy atom. The molecule has 1 rings (SSSR count). The first-order chi connectivity index (χ1) is 8.26. The second-order valence-corrected chi connectivity index (χ2v) is 3.53. The van der Waals surface area contributed by atoms with Crippen molar-refractivity contribution in [1.82, 2.24) is 0 Å². The number of ether oxygens (including phenoxy) is 2. The normalized spacial score (nSPS) is 9.76. The van der Waals surface area contributed by atoms with Crippen molar-refractivity contribution in [3.8, 4) is 5.75 Å². The van der Waals surface area contributed by atoms with Gasteiger partial charge in [-0.3, -0.25) is 4.79 Å². The van der Waals surface area contributed by atoms with E-state index in [4.69, 9.17) is 9.47 Å². The first-order valence-corrected chi connectivity index (χ1v) is 5.82. The van der Waals surface area contributed by atoms with Gasteiger partial charge in [0.15, 0.2) is 0 Å². The zero-order chi connectivity index (χ0) is 12.5. The van der Waals surface area contributed by atoms with Crippen molar-refractivity contribution in [2.45, 2.75) is 19.8 Å². The molecule has 0 aliphatic carbocycles. The molecule has 0 radical (unpaired) electrons. The summed E-state index contributed by atoms with van der Waals surface area (Å²) >= 11 is 0. The number of nitrogens with one attached hydrogen (secondary N) is 1. The van der Waals surface area contributed by atoms with Crippen LogP contribution in [0.15, 0.2) is 24.3 Å². The van der Waals surface area contributed by atoms with Crippen LogP contribution in [0.5, 0.6) is 5.75 Å². The molecule has 0 amide bonds. The van der Waals surface area contributed by atoms with Gasteiger partial charge in [0.05, 0.1) is 13.2 Å². The number of hydrogen-bond donors (Lipinski definition) is 1. The summed E-state index contributed by atoms with van der Waals surface area (Å²) in [5.41, 5.74) is 1.01. The summed E-state index contributed by atoms with van der Waals surface area (Å²) in [6, 6.07) is 7.70. The quantitative estimate of drug-likeness (QED) is 0.584. The summed E-state index contributed by atoms with van der Waals surface area (Å²) in [5, 5.41) is 3.04. The molecule has 1 aromatic rings. The fourth-order valence-electron chi connectivity index (χ4n) is 1.38. The van der Waals surface area contributed by atoms with Crippen molar-refractivity contribution in [3.05, 3.63) is 24.3 Å². The maximum Gasteiger partial charge on any atom is 0.305 e. The van der Waals surface area contributed by atoms with Crippen LogP contribution in [-0.4, -0.2) is 26.2 Å². The summed E-state index contributed by atoms with van der Waals surface area (Å²) < 4.78 is 10.4. The number of benzene rings is 1. The molecule has 0 unspecified atom stereocenters. The van der Waals surface area contributed by atoms with Crippen LogP contribution in [0, 0.1) is 0 Å². The van der Waals surface area contributed by atoms with Gasteiger partial charge in [-0.15, -0.1) is 0 Å². The number of carbonyl (C=O) groups is 1. The largest absolute Gasteiger partial charge is 0.494 e. The average Bonchev–Trinajstić information content (AvgIpc) is 2.35. The zero-order valence-corrected chi connectivity index (χ0v) is 10.4. The molecule has 94 valence electrons. The molecule has 1 aromatic carbocycles. The number of hydrogen-bond acceptors (Lipinski definition) is 4. The standard InChI is InChI=1S/C13H19NO3/c1-3-16-13(15)8-5-9-17-12-7-4-6-11(10-12)14-2/h4,6-7,10,14H,3,5,8-9H2,1-2H3. The fourth-order valence-corrected chi connectivity index (χ4v) is 1.38. The van der Waals surface area contributed by atoms with Gasteiger partial charge in [0.1, 0.15) is 5.75 Å². The Bertz CT molecular complexity index is 352. The second-order valence-electron chi connectivity index (χ2n) is 3.53. The second kappa shape index (κ2) is 7.54. The van der Waals surface area contributed by atoms with Gasteiger partial charge in [-0.1, -0.05) is 6.07 Å². The van der Waals surface area contributed by atoms with Crippen molar-refractivity contribution < 1.29 is 14.3 Å². The minimum atomic E-state index is -0.167. The smallest absolute Gasteiger partial charge is 0.305 e. The molecule has 0 spiro atoms. The lowest BCUT2D eigenvalue weighted by Crippen LogP contribution is -2.06. The summed E-state index contributed by atoms with van der Waals surface area (Å²) in [6.07, 6.45) is 1.07. The monoisotopic (exact) mass is 237 g/mol. The Hall–Kier alpha value is -1.71. The first kappa shape index (κ1) is 13.4. The molecule has 0 aromatic heterocycles. The van der Waals surface area contributed by atoms with E-state index in [0.29, 0.717) is 26.1 Å². The third kappa shape index (κ3) is 5.24. The SMILES string of the molecule is CCOC(=O)CCCOc1cccc(NC)c1. The lowest BCUT2D eigenvalue weighted by molar-refractivity contribution is -0.143. The molecule has 0 aliphatic heterocycles. The molecule has 0 fully saturated rings. The van der Waals surface area contributed by atoms with Crippen LogP contribution >= 0.6 is 0 Å². The molecular formula is C13H19NO3. The Balaban J connectivity index is 2.24. The fraction of sp³-hybridized carbons (Fsp3) is 0.462.